The summed E-state index contributed by atoms with van der Waals surface area (Å²) in [4.78, 5) is 0. The van der Waals surface area contributed by atoms with Crippen molar-refractivity contribution < 1.29 is 4.39 Å². The summed E-state index contributed by atoms with van der Waals surface area (Å²) in [5.41, 5.74) is 1.13. The summed E-state index contributed by atoms with van der Waals surface area (Å²) in [6.45, 7) is 2.96. The highest BCUT2D eigenvalue weighted by Gasteiger charge is 2.46. The molecule has 2 heterocycles. The molecule has 94 valence electrons. The average molecular weight is 274 g/mol. The van der Waals surface area contributed by atoms with E-state index in [0.29, 0.717) is 16.4 Å². The lowest BCUT2D eigenvalue weighted by molar-refractivity contribution is 0.417. The molecule has 0 aromatic heterocycles. The molecule has 0 saturated carbocycles. The van der Waals surface area contributed by atoms with Crippen molar-refractivity contribution >= 4 is 23.4 Å². The Morgan fingerprint density at radius 1 is 1.53 bits per heavy atom. The van der Waals surface area contributed by atoms with Crippen LogP contribution in [0.2, 0.25) is 0 Å². The lowest BCUT2D eigenvalue weighted by Gasteiger charge is -2.24. The maximum absolute atomic E-state index is 14.0. The molecule has 2 aliphatic heterocycles. The third kappa shape index (κ3) is 2.18. The molecule has 0 bridgehead atoms. The molecule has 0 aromatic carbocycles. The first kappa shape index (κ1) is 12.1. The minimum Gasteiger partial charge on any atom is -0.300 e. The van der Waals surface area contributed by atoms with E-state index in [4.69, 9.17) is 11.6 Å². The second-order valence-corrected chi connectivity index (χ2v) is 7.16. The van der Waals surface area contributed by atoms with Crippen LogP contribution in [0.3, 0.4) is 0 Å². The van der Waals surface area contributed by atoms with E-state index in [1.54, 1.807) is 6.08 Å². The van der Waals surface area contributed by atoms with Gasteiger partial charge in [0.25, 0.3) is 0 Å². The molecule has 4 heteroatoms. The van der Waals surface area contributed by atoms with Crippen molar-refractivity contribution in [3.63, 3.8) is 0 Å². The van der Waals surface area contributed by atoms with Gasteiger partial charge in [0.1, 0.15) is 5.83 Å². The van der Waals surface area contributed by atoms with Gasteiger partial charge < -0.3 is 5.32 Å². The van der Waals surface area contributed by atoms with Crippen LogP contribution in [-0.2, 0) is 0 Å². The largest absolute Gasteiger partial charge is 0.300 e. The van der Waals surface area contributed by atoms with Crippen LogP contribution in [-0.4, -0.2) is 22.5 Å². The molecule has 17 heavy (non-hydrogen) atoms. The Morgan fingerprint density at radius 2 is 2.35 bits per heavy atom. The molecule has 1 N–H and O–H groups in total. The summed E-state index contributed by atoms with van der Waals surface area (Å²) in [6.07, 6.45) is 5.80. The summed E-state index contributed by atoms with van der Waals surface area (Å²) in [6, 6.07) is 0. The van der Waals surface area contributed by atoms with Gasteiger partial charge in [-0.2, -0.15) is 11.8 Å². The fourth-order valence-corrected chi connectivity index (χ4v) is 5.42. The van der Waals surface area contributed by atoms with Crippen LogP contribution in [0.1, 0.15) is 19.8 Å². The number of halogens is 2. The second-order valence-electron chi connectivity index (χ2n) is 5.26. The molecule has 0 spiro atoms. The highest BCUT2D eigenvalue weighted by molar-refractivity contribution is 8.00. The van der Waals surface area contributed by atoms with Crippen molar-refractivity contribution in [2.45, 2.75) is 35.8 Å². The molecule has 5 atom stereocenters. The van der Waals surface area contributed by atoms with E-state index in [1.165, 1.54) is 0 Å². The number of rotatable bonds is 1. The van der Waals surface area contributed by atoms with Crippen LogP contribution in [0.5, 0.6) is 0 Å². The highest BCUT2D eigenvalue weighted by Crippen LogP contribution is 2.49. The standard InChI is InChI=1S/C13H17ClFNS/c1-7-2-3-9(10(15)4-7)11-5-8-6-16-13(14)12(8)17-11/h2,4,8-9,11-13,16H,3,5-6H2,1H3/t8?,9?,11?,12-,13?/m0/s1. The lowest BCUT2D eigenvalue weighted by Crippen LogP contribution is -2.24. The van der Waals surface area contributed by atoms with Crippen molar-refractivity contribution in [1.29, 1.82) is 0 Å². The van der Waals surface area contributed by atoms with Gasteiger partial charge >= 0.3 is 0 Å². The molecular formula is C13H17ClFNS. The first-order valence-corrected chi connectivity index (χ1v) is 7.60. The van der Waals surface area contributed by atoms with E-state index in [9.17, 15) is 4.39 Å². The third-order valence-electron chi connectivity index (χ3n) is 4.06. The van der Waals surface area contributed by atoms with Crippen molar-refractivity contribution in [3.8, 4) is 0 Å². The summed E-state index contributed by atoms with van der Waals surface area (Å²) in [5, 5.41) is 4.17. The van der Waals surface area contributed by atoms with Gasteiger partial charge in [-0.3, -0.25) is 0 Å². The molecule has 0 radical (unpaired) electrons. The number of alkyl halides is 1. The van der Waals surface area contributed by atoms with Crippen LogP contribution < -0.4 is 5.32 Å². The van der Waals surface area contributed by atoms with Crippen LogP contribution in [0.25, 0.3) is 0 Å². The smallest absolute Gasteiger partial charge is 0.105 e. The van der Waals surface area contributed by atoms with Crippen LogP contribution in [0, 0.1) is 11.8 Å². The molecule has 3 aliphatic rings. The van der Waals surface area contributed by atoms with E-state index in [1.807, 2.05) is 18.7 Å². The summed E-state index contributed by atoms with van der Waals surface area (Å²) in [5.74, 6) is 0.784. The van der Waals surface area contributed by atoms with E-state index >= 15 is 0 Å². The van der Waals surface area contributed by atoms with Crippen LogP contribution >= 0.6 is 23.4 Å². The number of hydrogen-bond acceptors (Lipinski definition) is 2. The number of fused-ring (bicyclic) bond motifs is 1. The number of allylic oxidation sites excluding steroid dienone is 4. The molecule has 1 aliphatic carbocycles. The van der Waals surface area contributed by atoms with E-state index < -0.39 is 0 Å². The normalized spacial score (nSPS) is 45.5. The van der Waals surface area contributed by atoms with Crippen molar-refractivity contribution in [1.82, 2.24) is 5.32 Å². The van der Waals surface area contributed by atoms with Gasteiger partial charge in [-0.15, -0.1) is 11.6 Å². The second kappa shape index (κ2) is 4.60. The monoisotopic (exact) mass is 273 g/mol. The van der Waals surface area contributed by atoms with Gasteiger partial charge in [0.15, 0.2) is 0 Å². The number of nitrogens with one attached hydrogen (secondary N) is 1. The lowest BCUT2D eigenvalue weighted by atomic mass is 9.88. The van der Waals surface area contributed by atoms with E-state index in [-0.39, 0.29) is 17.2 Å². The zero-order chi connectivity index (χ0) is 12.0. The predicted octanol–water partition coefficient (Wildman–Crippen LogP) is 3.46. The zero-order valence-electron chi connectivity index (χ0n) is 9.83. The minimum atomic E-state index is 0.0709. The third-order valence-corrected chi connectivity index (χ3v) is 6.47. The quantitative estimate of drug-likeness (QED) is 0.580. The molecule has 2 saturated heterocycles. The average Bonchev–Trinajstić information content (AvgIpc) is 2.81. The maximum atomic E-state index is 14.0. The molecule has 4 unspecified atom stereocenters. The van der Waals surface area contributed by atoms with Gasteiger partial charge in [-0.25, -0.2) is 4.39 Å². The Hall–Kier alpha value is 0.01000. The molecule has 3 rings (SSSR count). The Morgan fingerprint density at radius 3 is 3.06 bits per heavy atom. The van der Waals surface area contributed by atoms with Gasteiger partial charge in [0, 0.05) is 23.0 Å². The SMILES string of the molecule is CC1=CCC(C2CC3CNC(Cl)[C@H]3S2)C(F)=C1. The highest BCUT2D eigenvalue weighted by atomic mass is 35.5. The minimum absolute atomic E-state index is 0.0709. The summed E-state index contributed by atoms with van der Waals surface area (Å²) < 4.78 is 14.0. The molecule has 0 aromatic rings. The molecule has 2 fully saturated rings. The number of hydrogen-bond donors (Lipinski definition) is 1. The fraction of sp³-hybridized carbons (Fsp3) is 0.692. The topological polar surface area (TPSA) is 12.0 Å². The van der Waals surface area contributed by atoms with Crippen LogP contribution in [0.15, 0.2) is 23.6 Å². The summed E-state index contributed by atoms with van der Waals surface area (Å²) >= 11 is 8.12. The van der Waals surface area contributed by atoms with Gasteiger partial charge in [0.05, 0.1) is 5.50 Å². The van der Waals surface area contributed by atoms with E-state index in [0.717, 1.165) is 25.0 Å². The van der Waals surface area contributed by atoms with Gasteiger partial charge in [0.2, 0.25) is 0 Å². The molecule has 0 amide bonds. The predicted molar refractivity (Wildman–Crippen MR) is 72.0 cm³/mol. The Bertz CT molecular complexity index is 382. The Kier molecular flexibility index (Phi) is 3.26. The first-order valence-electron chi connectivity index (χ1n) is 6.22. The first-order chi connectivity index (χ1) is 8.15. The number of thioether (sulfide) groups is 1. The van der Waals surface area contributed by atoms with Crippen LogP contribution in [0.4, 0.5) is 4.39 Å². The fourth-order valence-electron chi connectivity index (χ4n) is 3.09. The summed E-state index contributed by atoms with van der Waals surface area (Å²) in [7, 11) is 0. The zero-order valence-corrected chi connectivity index (χ0v) is 11.4. The Labute approximate surface area is 111 Å². The van der Waals surface area contributed by atoms with Gasteiger partial charge in [-0.05, 0) is 31.8 Å². The van der Waals surface area contributed by atoms with E-state index in [2.05, 4.69) is 11.4 Å². The van der Waals surface area contributed by atoms with Gasteiger partial charge in [-0.1, -0.05) is 11.6 Å². The Balaban J connectivity index is 1.70. The van der Waals surface area contributed by atoms with Crippen molar-refractivity contribution in [2.75, 3.05) is 6.54 Å². The van der Waals surface area contributed by atoms with Crippen molar-refractivity contribution in [2.24, 2.45) is 11.8 Å². The van der Waals surface area contributed by atoms with Crippen molar-refractivity contribution in [3.05, 3.63) is 23.6 Å². The maximum Gasteiger partial charge on any atom is 0.105 e. The molecular weight excluding hydrogens is 257 g/mol. The molecule has 1 nitrogen and oxygen atoms in total.